The quantitative estimate of drug-likeness (QED) is 0.123. The molecule has 1 N–H and O–H groups in total. The Kier molecular flexibility index (Phi) is 7.81. The van der Waals surface area contributed by atoms with Gasteiger partial charge in [0.25, 0.3) is 0 Å². The van der Waals surface area contributed by atoms with Crippen LogP contribution in [-0.4, -0.2) is 33.6 Å². The van der Waals surface area contributed by atoms with Crippen LogP contribution in [0, 0.1) is 34.6 Å². The molecule has 204 valence electrons. The number of aromatic nitrogens is 2. The lowest BCUT2D eigenvalue weighted by molar-refractivity contribution is 0.240. The van der Waals surface area contributed by atoms with Crippen LogP contribution in [0.2, 0.25) is 10.2 Å². The summed E-state index contributed by atoms with van der Waals surface area (Å²) in [4.78, 5) is 19.2. The molecule has 5 rings (SSSR count). The monoisotopic (exact) mass is 587 g/mol. The van der Waals surface area contributed by atoms with Crippen molar-refractivity contribution in [2.45, 2.75) is 19.5 Å². The molecule has 0 spiro atoms. The van der Waals surface area contributed by atoms with Crippen molar-refractivity contribution < 1.29 is 22.4 Å². The number of hydrogen-bond acceptors (Lipinski definition) is 4. The van der Waals surface area contributed by atoms with Gasteiger partial charge in [0, 0.05) is 49.9 Å². The van der Waals surface area contributed by atoms with Crippen molar-refractivity contribution in [3.63, 3.8) is 0 Å². The van der Waals surface area contributed by atoms with E-state index < -0.39 is 33.9 Å². The van der Waals surface area contributed by atoms with Crippen LogP contribution >= 0.6 is 23.2 Å². The van der Waals surface area contributed by atoms with Crippen LogP contribution in [0.25, 0.3) is 17.0 Å². The van der Waals surface area contributed by atoms with E-state index >= 15 is 0 Å². The van der Waals surface area contributed by atoms with Crippen LogP contribution in [0.3, 0.4) is 0 Å². The first-order valence-electron chi connectivity index (χ1n) is 12.0. The van der Waals surface area contributed by atoms with Gasteiger partial charge in [-0.2, -0.15) is 5.26 Å². The zero-order valence-electron chi connectivity index (χ0n) is 20.6. The average molecular weight is 588 g/mol. The molecule has 1 aliphatic heterocycles. The zero-order chi connectivity index (χ0) is 28.6. The molecule has 0 bridgehead atoms. The first kappa shape index (κ1) is 27.6. The Morgan fingerprint density at radius 2 is 1.85 bits per heavy atom. The summed E-state index contributed by atoms with van der Waals surface area (Å²) in [5, 5.41) is 12.2. The van der Waals surface area contributed by atoms with Crippen LogP contribution in [0.4, 0.5) is 22.4 Å². The second kappa shape index (κ2) is 11.3. The first-order chi connectivity index (χ1) is 19.2. The molecule has 2 aromatic carbocycles. The Morgan fingerprint density at radius 3 is 2.55 bits per heavy atom. The molecule has 1 amide bonds. The largest absolute Gasteiger partial charge is 0.333 e. The Morgan fingerprint density at radius 1 is 1.10 bits per heavy atom. The van der Waals surface area contributed by atoms with Gasteiger partial charge in [0.05, 0.1) is 22.7 Å². The number of benzene rings is 2. The number of carbonyl (C=O) groups is 1. The summed E-state index contributed by atoms with van der Waals surface area (Å²) in [6, 6.07) is 10.2. The second-order valence-electron chi connectivity index (χ2n) is 9.12. The minimum atomic E-state index is -1.65. The van der Waals surface area contributed by atoms with Crippen molar-refractivity contribution in [3.05, 3.63) is 104 Å². The van der Waals surface area contributed by atoms with Gasteiger partial charge in [-0.1, -0.05) is 41.4 Å². The molecular weight excluding hydrogens is 569 g/mol. The van der Waals surface area contributed by atoms with Crippen LogP contribution in [0.15, 0.2) is 42.6 Å². The van der Waals surface area contributed by atoms with E-state index in [1.165, 1.54) is 6.08 Å². The Hall–Kier alpha value is -3.91. The molecule has 40 heavy (non-hydrogen) atoms. The zero-order valence-corrected chi connectivity index (χ0v) is 22.1. The highest BCUT2D eigenvalue weighted by Crippen LogP contribution is 2.32. The molecule has 0 aliphatic carbocycles. The summed E-state index contributed by atoms with van der Waals surface area (Å²) in [7, 11) is 0. The summed E-state index contributed by atoms with van der Waals surface area (Å²) in [5.74, 6) is -6.45. The molecule has 0 saturated heterocycles. The molecule has 3 heterocycles. The van der Waals surface area contributed by atoms with E-state index in [9.17, 15) is 27.6 Å². The van der Waals surface area contributed by atoms with E-state index in [1.807, 2.05) is 4.90 Å². The summed E-state index contributed by atoms with van der Waals surface area (Å²) in [5.41, 5.74) is 2.51. The number of pyridine rings is 1. The van der Waals surface area contributed by atoms with Crippen LogP contribution in [-0.2, 0) is 19.5 Å². The average Bonchev–Trinajstić information content (AvgIpc) is 3.28. The van der Waals surface area contributed by atoms with E-state index in [0.717, 1.165) is 28.3 Å². The maximum atomic E-state index is 14.2. The Bertz CT molecular complexity index is 1700. The number of fused-ring (bicyclic) bond motifs is 3. The molecule has 1 aliphatic rings. The van der Waals surface area contributed by atoms with Crippen LogP contribution in [0.5, 0.6) is 0 Å². The summed E-state index contributed by atoms with van der Waals surface area (Å²) in [6.45, 7) is 1.29. The predicted octanol–water partition coefficient (Wildman–Crippen LogP) is 6.60. The van der Waals surface area contributed by atoms with Gasteiger partial charge in [0.2, 0.25) is 0 Å². The minimum Gasteiger partial charge on any atom is -0.333 e. The third kappa shape index (κ3) is 5.16. The second-order valence-corrected chi connectivity index (χ2v) is 9.89. The molecular formula is C28H19Cl2F4N5O. The molecule has 2 aromatic heterocycles. The predicted molar refractivity (Wildman–Crippen MR) is 143 cm³/mol. The van der Waals surface area contributed by atoms with E-state index in [-0.39, 0.29) is 19.1 Å². The fraction of sp³-hybridized carbons (Fsp3) is 0.179. The third-order valence-electron chi connectivity index (χ3n) is 6.69. The van der Waals surface area contributed by atoms with Crippen LogP contribution < -0.4 is 5.32 Å². The van der Waals surface area contributed by atoms with Crippen molar-refractivity contribution in [2.24, 2.45) is 0 Å². The molecule has 0 atom stereocenters. The van der Waals surface area contributed by atoms with Gasteiger partial charge in [0.15, 0.2) is 23.3 Å². The Labute approximate surface area is 236 Å². The van der Waals surface area contributed by atoms with Gasteiger partial charge >= 0.3 is 6.03 Å². The smallest absolute Gasteiger partial charge is 0.326 e. The number of halogens is 6. The highest BCUT2D eigenvalue weighted by atomic mass is 35.5. The lowest BCUT2D eigenvalue weighted by Gasteiger charge is -2.27. The van der Waals surface area contributed by atoms with Crippen molar-refractivity contribution in [2.75, 3.05) is 13.1 Å². The van der Waals surface area contributed by atoms with Gasteiger partial charge in [0.1, 0.15) is 10.2 Å². The van der Waals surface area contributed by atoms with Crippen molar-refractivity contribution in [1.82, 2.24) is 19.8 Å². The summed E-state index contributed by atoms with van der Waals surface area (Å²) in [6.07, 6.45) is 4.38. The highest BCUT2D eigenvalue weighted by Gasteiger charge is 2.27. The fourth-order valence-electron chi connectivity index (χ4n) is 4.77. The summed E-state index contributed by atoms with van der Waals surface area (Å²) >= 11 is 11.2. The summed E-state index contributed by atoms with van der Waals surface area (Å²) < 4.78 is 57.5. The van der Waals surface area contributed by atoms with E-state index in [1.54, 1.807) is 41.1 Å². The minimum absolute atomic E-state index is 0.210. The van der Waals surface area contributed by atoms with E-state index in [4.69, 9.17) is 23.2 Å². The first-order valence-corrected chi connectivity index (χ1v) is 12.8. The number of nitrogens with one attached hydrogen (secondary N) is 1. The number of amides is 1. The molecule has 0 radical (unpaired) electrons. The number of hydrogen-bond donors (Lipinski definition) is 1. The topological polar surface area (TPSA) is 74.0 Å². The van der Waals surface area contributed by atoms with Gasteiger partial charge < -0.3 is 5.32 Å². The van der Waals surface area contributed by atoms with Gasteiger partial charge in [-0.3, -0.25) is 9.47 Å². The molecule has 4 aromatic rings. The van der Waals surface area contributed by atoms with Crippen LogP contribution in [0.1, 0.15) is 27.9 Å². The maximum absolute atomic E-state index is 14.2. The number of nitrogens with zero attached hydrogens (tertiary/aromatic N) is 4. The van der Waals surface area contributed by atoms with Gasteiger partial charge in [-0.25, -0.2) is 27.3 Å². The van der Waals surface area contributed by atoms with Gasteiger partial charge in [-0.15, -0.1) is 0 Å². The Balaban J connectivity index is 1.41. The molecule has 0 fully saturated rings. The molecule has 6 nitrogen and oxygen atoms in total. The fourth-order valence-corrected chi connectivity index (χ4v) is 5.13. The van der Waals surface area contributed by atoms with Crippen molar-refractivity contribution >= 4 is 46.2 Å². The molecule has 0 saturated carbocycles. The van der Waals surface area contributed by atoms with E-state index in [2.05, 4.69) is 16.4 Å². The van der Waals surface area contributed by atoms with Crippen molar-refractivity contribution in [1.29, 1.82) is 5.26 Å². The SMILES string of the molecule is N#Cc1ccc2c3c(n(C(=O)NCc4ccnc(Cl)c4)c2c1)CCN(CC=Cc1c(F)c(F)c(Cl)c(F)c1F)C3. The number of nitriles is 1. The highest BCUT2D eigenvalue weighted by molar-refractivity contribution is 6.31. The van der Waals surface area contributed by atoms with Crippen molar-refractivity contribution in [3.8, 4) is 6.07 Å². The third-order valence-corrected chi connectivity index (χ3v) is 7.23. The normalized spacial score (nSPS) is 13.5. The molecule has 12 heteroatoms. The maximum Gasteiger partial charge on any atom is 0.326 e. The number of carbonyl (C=O) groups excluding carboxylic acids is 1. The molecule has 0 unspecified atom stereocenters. The lowest BCUT2D eigenvalue weighted by atomic mass is 10.0. The van der Waals surface area contributed by atoms with E-state index in [0.29, 0.717) is 35.7 Å². The standard InChI is InChI=1S/C28H19Cl2F4N5O/c29-22-11-16(5-7-36-22)13-37-28(40)39-20-6-9-38(14-19(20)17-4-3-15(12-35)10-21(17)39)8-1-2-18-24(31)26(33)23(30)27(34)25(18)32/h1-5,7,10-11H,6,8-9,13-14H2,(H,37,40). The lowest BCUT2D eigenvalue weighted by Crippen LogP contribution is -2.34. The van der Waals surface area contributed by atoms with Gasteiger partial charge in [-0.05, 0) is 35.4 Å². The number of rotatable bonds is 5.